The fourth-order valence-corrected chi connectivity index (χ4v) is 8.58. The van der Waals surface area contributed by atoms with E-state index < -0.39 is 13.7 Å². The molecule has 4 nitrogen and oxygen atoms in total. The second-order valence-electron chi connectivity index (χ2n) is 21.4. The number of imidazole rings is 1. The van der Waals surface area contributed by atoms with Gasteiger partial charge in [-0.1, -0.05) is 162 Å². The summed E-state index contributed by atoms with van der Waals surface area (Å²) in [4.78, 5) is 10.5. The van der Waals surface area contributed by atoms with E-state index >= 15 is 0 Å². The summed E-state index contributed by atoms with van der Waals surface area (Å²) in [6.45, 7) is 21.0. The molecule has 0 aliphatic carbocycles. The number of aryl methyl sites for hydroxylation is 2. The molecule has 0 radical (unpaired) electrons. The molecule has 2 heterocycles. The molecule has 326 valence electrons. The van der Waals surface area contributed by atoms with Crippen LogP contribution in [-0.2, 0) is 21.7 Å². The number of benzene rings is 6. The molecule has 0 spiro atoms. The molecule has 0 saturated heterocycles. The van der Waals surface area contributed by atoms with Crippen molar-refractivity contribution in [3.63, 3.8) is 0 Å². The van der Waals surface area contributed by atoms with Crippen molar-refractivity contribution in [3.05, 3.63) is 167 Å². The van der Waals surface area contributed by atoms with Crippen molar-refractivity contribution in [2.75, 3.05) is 0 Å². The Kier molecular flexibility index (Phi) is 9.33. The fraction of sp³-hybridized carbons (Fsp3) is 0.300. The highest BCUT2D eigenvalue weighted by molar-refractivity contribution is 5.98. The average Bonchev–Trinajstić information content (AvgIpc) is 3.66. The first-order chi connectivity index (χ1) is 32.4. The highest BCUT2D eigenvalue weighted by Gasteiger charge is 2.30. The van der Waals surface area contributed by atoms with Crippen molar-refractivity contribution in [1.29, 1.82) is 0 Å². The fourth-order valence-electron chi connectivity index (χ4n) is 8.58. The van der Waals surface area contributed by atoms with E-state index in [9.17, 15) is 5.11 Å². The van der Waals surface area contributed by atoms with Gasteiger partial charge in [-0.2, -0.15) is 0 Å². The molecular weight excluding hydrogens is 779 g/mol. The van der Waals surface area contributed by atoms with Crippen LogP contribution in [0.4, 0.5) is 0 Å². The number of hydrogen-bond donors (Lipinski definition) is 1. The summed E-state index contributed by atoms with van der Waals surface area (Å²) in [5.74, 6) is 0.799. The van der Waals surface area contributed by atoms with Crippen molar-refractivity contribution in [2.45, 2.75) is 118 Å². The summed E-state index contributed by atoms with van der Waals surface area (Å²) in [6, 6.07) is 41.9. The van der Waals surface area contributed by atoms with E-state index in [0.717, 1.165) is 61.2 Å². The van der Waals surface area contributed by atoms with Crippen LogP contribution in [0.2, 0.25) is 0 Å². The van der Waals surface area contributed by atoms with Crippen LogP contribution in [-0.4, -0.2) is 19.6 Å². The Morgan fingerprint density at radius 2 is 1.12 bits per heavy atom. The Bertz CT molecular complexity index is 3250. The van der Waals surface area contributed by atoms with Gasteiger partial charge in [-0.15, -0.1) is 0 Å². The quantitative estimate of drug-likeness (QED) is 0.181. The van der Waals surface area contributed by atoms with Crippen molar-refractivity contribution < 1.29 is 13.3 Å². The largest absolute Gasteiger partial charge is 0.507 e. The zero-order valence-corrected chi connectivity index (χ0v) is 39.5. The summed E-state index contributed by atoms with van der Waals surface area (Å²) in [6.07, 6.45) is 1.61. The molecule has 0 amide bonds. The normalized spacial score (nSPS) is 14.4. The van der Waals surface area contributed by atoms with Gasteiger partial charge in [-0.05, 0) is 134 Å². The van der Waals surface area contributed by atoms with E-state index in [0.29, 0.717) is 22.6 Å². The lowest BCUT2D eigenvalue weighted by Crippen LogP contribution is -2.17. The molecular formula is C60H65N3O. The number of phenolic OH excluding ortho intramolecular Hbond substituents is 1. The van der Waals surface area contributed by atoms with Crippen molar-refractivity contribution >= 4 is 11.0 Å². The minimum Gasteiger partial charge on any atom is -0.507 e. The van der Waals surface area contributed by atoms with Crippen LogP contribution in [0.3, 0.4) is 0 Å². The molecule has 8 aromatic rings. The molecule has 4 heteroatoms. The van der Waals surface area contributed by atoms with Gasteiger partial charge in [0.2, 0.25) is 0 Å². The lowest BCUT2D eigenvalue weighted by Gasteiger charge is -2.28. The number of nitrogens with zero attached hydrogens (tertiary/aromatic N) is 3. The number of pyridine rings is 1. The number of para-hydroxylation sites is 1. The minimum absolute atomic E-state index is 0.0300. The van der Waals surface area contributed by atoms with Crippen molar-refractivity contribution in [2.24, 2.45) is 0 Å². The van der Waals surface area contributed by atoms with E-state index in [1.54, 1.807) is 18.3 Å². The Morgan fingerprint density at radius 1 is 0.500 bits per heavy atom. The molecule has 6 aromatic carbocycles. The van der Waals surface area contributed by atoms with Gasteiger partial charge in [0.15, 0.2) is 0 Å². The van der Waals surface area contributed by atoms with Gasteiger partial charge >= 0.3 is 0 Å². The van der Waals surface area contributed by atoms with Gasteiger partial charge in [0, 0.05) is 36.7 Å². The highest BCUT2D eigenvalue weighted by atomic mass is 16.3. The number of hydrogen-bond acceptors (Lipinski definition) is 3. The van der Waals surface area contributed by atoms with Gasteiger partial charge in [0.25, 0.3) is 0 Å². The van der Waals surface area contributed by atoms with Crippen LogP contribution >= 0.6 is 0 Å². The topological polar surface area (TPSA) is 50.9 Å². The highest BCUT2D eigenvalue weighted by Crippen LogP contribution is 2.46. The van der Waals surface area contributed by atoms with Crippen LogP contribution < -0.4 is 0 Å². The molecule has 0 bridgehead atoms. The van der Waals surface area contributed by atoms with E-state index in [2.05, 4.69) is 179 Å². The minimum atomic E-state index is -2.56. The number of fused-ring (bicyclic) bond motifs is 1. The van der Waals surface area contributed by atoms with Crippen LogP contribution in [0.5, 0.6) is 5.75 Å². The third kappa shape index (κ3) is 8.43. The maximum absolute atomic E-state index is 12.6. The smallest absolute Gasteiger partial charge is 0.149 e. The SMILES string of the molecule is [2H]C([2H])([2H])c1cccc(C([2H])([2H])[2H])c1-c1ccnc(-c2cc(-c3cccc4c3nc(-c3cc(C(C)(C)C)cc(C(C)(C)C)c3O)n4-c3ccc(C(C)(C)C)cc3-c3ccccc3)cc(C(C)(C)C)c2)c1. The average molecular weight is 850 g/mol. The second-order valence-corrected chi connectivity index (χ2v) is 21.4. The molecule has 2 aromatic heterocycles. The van der Waals surface area contributed by atoms with E-state index in [1.165, 1.54) is 23.8 Å². The van der Waals surface area contributed by atoms with E-state index in [1.807, 2.05) is 6.07 Å². The van der Waals surface area contributed by atoms with Crippen LogP contribution in [0.1, 0.15) is 125 Å². The Morgan fingerprint density at radius 3 is 1.77 bits per heavy atom. The summed E-state index contributed by atoms with van der Waals surface area (Å²) in [7, 11) is 0. The summed E-state index contributed by atoms with van der Waals surface area (Å²) in [5, 5.41) is 12.6. The van der Waals surface area contributed by atoms with Crippen molar-refractivity contribution in [1.82, 2.24) is 14.5 Å². The molecule has 0 unspecified atom stereocenters. The molecule has 0 saturated carbocycles. The zero-order valence-electron chi connectivity index (χ0n) is 45.5. The lowest BCUT2D eigenvalue weighted by molar-refractivity contribution is 0.446. The summed E-state index contributed by atoms with van der Waals surface area (Å²) in [5.41, 5.74) is 12.0. The Balaban J connectivity index is 1.46. The van der Waals surface area contributed by atoms with E-state index in [-0.39, 0.29) is 44.1 Å². The molecule has 64 heavy (non-hydrogen) atoms. The number of phenols is 1. The maximum atomic E-state index is 12.6. The number of rotatable bonds is 6. The predicted molar refractivity (Wildman–Crippen MR) is 272 cm³/mol. The first-order valence-electron chi connectivity index (χ1n) is 25.3. The van der Waals surface area contributed by atoms with Gasteiger partial charge in [0.1, 0.15) is 11.6 Å². The van der Waals surface area contributed by atoms with Crippen molar-refractivity contribution in [3.8, 4) is 67.5 Å². The Labute approximate surface area is 390 Å². The zero-order chi connectivity index (χ0) is 51.1. The Hall–Kier alpha value is -6.26. The van der Waals surface area contributed by atoms with Crippen LogP contribution in [0, 0.1) is 13.7 Å². The first kappa shape index (κ1) is 37.1. The van der Waals surface area contributed by atoms with E-state index in [4.69, 9.17) is 18.2 Å². The first-order valence-corrected chi connectivity index (χ1v) is 22.3. The molecule has 0 atom stereocenters. The molecule has 0 fully saturated rings. The molecule has 8 rings (SSSR count). The van der Waals surface area contributed by atoms with Gasteiger partial charge < -0.3 is 5.11 Å². The molecule has 0 aliphatic heterocycles. The van der Waals surface area contributed by atoms with Gasteiger partial charge in [0.05, 0.1) is 28.0 Å². The molecule has 0 aliphatic rings. The lowest BCUT2D eigenvalue weighted by atomic mass is 9.79. The number of aromatic nitrogens is 3. The third-order valence-electron chi connectivity index (χ3n) is 12.4. The maximum Gasteiger partial charge on any atom is 0.149 e. The van der Waals surface area contributed by atoms with Crippen LogP contribution in [0.25, 0.3) is 72.7 Å². The standard InChI is InChI=1S/C60H65N3O/c1-37-20-18-21-38(2)53(37)40-28-29-61-50(33-40)42-30-41(31-44(32-42)58(6,7)8)46-24-19-25-52-54(46)62-56(48-35-45(59(9,10)11)36-49(55(48)64)60(12,13)14)63(52)51-27-26-43(57(3,4)5)34-47(51)39-22-16-15-17-23-39/h15-36,64H,1-14H3/i1D3,2D3. The second kappa shape index (κ2) is 16.1. The number of aromatic hydroxyl groups is 1. The predicted octanol–water partition coefficient (Wildman–Crippen LogP) is 16.3. The monoisotopic (exact) mass is 850 g/mol. The summed E-state index contributed by atoms with van der Waals surface area (Å²) >= 11 is 0. The third-order valence-corrected chi connectivity index (χ3v) is 12.4. The van der Waals surface area contributed by atoms with Gasteiger partial charge in [-0.3, -0.25) is 9.55 Å². The van der Waals surface area contributed by atoms with Gasteiger partial charge in [-0.25, -0.2) is 4.98 Å². The molecule has 1 N–H and O–H groups in total. The van der Waals surface area contributed by atoms with Crippen LogP contribution in [0.15, 0.2) is 134 Å². The summed E-state index contributed by atoms with van der Waals surface area (Å²) < 4.78 is 52.5.